The minimum Gasteiger partial charge on any atom is -0.349 e. The zero-order valence-corrected chi connectivity index (χ0v) is 16.2. The number of fused-ring (bicyclic) bond motifs is 1. The van der Waals surface area contributed by atoms with Crippen LogP contribution in [-0.2, 0) is 0 Å². The average molecular weight is 395 g/mol. The van der Waals surface area contributed by atoms with Crippen LogP contribution >= 0.6 is 0 Å². The van der Waals surface area contributed by atoms with Crippen LogP contribution in [0.15, 0.2) is 48.8 Å². The Morgan fingerprint density at radius 2 is 1.86 bits per heavy atom. The maximum Gasteiger partial charge on any atom is 0.253 e. The Balaban J connectivity index is 1.40. The van der Waals surface area contributed by atoms with Crippen LogP contribution in [0.2, 0.25) is 0 Å². The Labute approximate surface area is 168 Å². The highest BCUT2D eigenvalue weighted by molar-refractivity contribution is 5.94. The van der Waals surface area contributed by atoms with Gasteiger partial charge >= 0.3 is 0 Å². The molecule has 1 fully saturated rings. The maximum atomic E-state index is 13.7. The summed E-state index contributed by atoms with van der Waals surface area (Å²) < 4.78 is 26.7. The van der Waals surface area contributed by atoms with Crippen molar-refractivity contribution in [3.8, 4) is 0 Å². The monoisotopic (exact) mass is 395 g/mol. The summed E-state index contributed by atoms with van der Waals surface area (Å²) in [6, 6.07) is 9.38. The molecule has 29 heavy (non-hydrogen) atoms. The van der Waals surface area contributed by atoms with E-state index in [0.717, 1.165) is 42.1 Å². The van der Waals surface area contributed by atoms with Gasteiger partial charge in [0.1, 0.15) is 5.82 Å². The number of nitrogens with zero attached hydrogens (tertiary/aromatic N) is 2. The summed E-state index contributed by atoms with van der Waals surface area (Å²) in [5.74, 6) is -0.345. The van der Waals surface area contributed by atoms with Crippen LogP contribution in [0.4, 0.5) is 8.78 Å². The molecule has 2 heterocycles. The second-order valence-corrected chi connectivity index (χ2v) is 7.81. The first kappa shape index (κ1) is 19.4. The number of rotatable bonds is 4. The molecule has 1 atom stereocenters. The number of halogens is 2. The third-order valence-corrected chi connectivity index (χ3v) is 6.00. The fourth-order valence-electron chi connectivity index (χ4n) is 4.34. The number of hydrogen-bond donors (Lipinski definition) is 1. The van der Waals surface area contributed by atoms with Crippen molar-refractivity contribution in [3.05, 3.63) is 71.7 Å². The molecule has 0 spiro atoms. The Bertz CT molecular complexity index is 1010. The van der Waals surface area contributed by atoms with Gasteiger partial charge < -0.3 is 5.32 Å². The molecule has 150 valence electrons. The average Bonchev–Trinajstić information content (AvgIpc) is 2.74. The second-order valence-electron chi connectivity index (χ2n) is 7.81. The topological polar surface area (TPSA) is 54.9 Å². The normalized spacial score (nSPS) is 20.4. The fourth-order valence-corrected chi connectivity index (χ4v) is 4.34. The molecule has 0 bridgehead atoms. The molecule has 2 aromatic heterocycles. The summed E-state index contributed by atoms with van der Waals surface area (Å²) in [4.78, 5) is 20.2. The lowest BCUT2D eigenvalue weighted by Gasteiger charge is -2.33. The molecule has 0 aliphatic heterocycles. The molecule has 1 saturated carbocycles. The molecule has 1 N–H and O–H groups in total. The minimum atomic E-state index is -0.601. The van der Waals surface area contributed by atoms with E-state index in [1.807, 2.05) is 13.0 Å². The van der Waals surface area contributed by atoms with E-state index in [1.165, 1.54) is 24.4 Å². The summed E-state index contributed by atoms with van der Waals surface area (Å²) in [5.41, 5.74) is 2.33. The van der Waals surface area contributed by atoms with Gasteiger partial charge in [-0.05, 0) is 86.4 Å². The first-order chi connectivity index (χ1) is 14.0. The third kappa shape index (κ3) is 4.26. The Morgan fingerprint density at radius 3 is 2.59 bits per heavy atom. The molecular weight excluding hydrogens is 372 g/mol. The quantitative estimate of drug-likeness (QED) is 0.633. The number of hydrogen-bond acceptors (Lipinski definition) is 3. The van der Waals surface area contributed by atoms with Gasteiger partial charge in [0, 0.05) is 23.8 Å². The lowest BCUT2D eigenvalue weighted by atomic mass is 9.75. The highest BCUT2D eigenvalue weighted by Crippen LogP contribution is 2.39. The number of aromatic nitrogens is 2. The van der Waals surface area contributed by atoms with Gasteiger partial charge in [-0.1, -0.05) is 0 Å². The molecule has 0 unspecified atom stereocenters. The molecule has 0 radical (unpaired) electrons. The predicted octanol–water partition coefficient (Wildman–Crippen LogP) is 5.00. The van der Waals surface area contributed by atoms with Crippen molar-refractivity contribution in [2.45, 2.75) is 44.6 Å². The number of nitrogens with one attached hydrogen (secondary N) is 1. The Hall–Kier alpha value is -2.89. The summed E-state index contributed by atoms with van der Waals surface area (Å²) in [6.45, 7) is 2.01. The molecule has 3 aromatic rings. The van der Waals surface area contributed by atoms with Crippen LogP contribution in [0.3, 0.4) is 0 Å². The van der Waals surface area contributed by atoms with E-state index in [4.69, 9.17) is 0 Å². The first-order valence-electron chi connectivity index (χ1n) is 9.98. The number of carbonyl (C=O) groups excluding carboxylic acids is 1. The van der Waals surface area contributed by atoms with Gasteiger partial charge in [-0.2, -0.15) is 4.39 Å². The summed E-state index contributed by atoms with van der Waals surface area (Å²) in [5, 5.41) is 3.91. The van der Waals surface area contributed by atoms with Crippen LogP contribution < -0.4 is 5.32 Å². The molecule has 4 nitrogen and oxygen atoms in total. The molecule has 1 aromatic carbocycles. The lowest BCUT2D eigenvalue weighted by Crippen LogP contribution is -2.39. The maximum absolute atomic E-state index is 13.7. The van der Waals surface area contributed by atoms with Gasteiger partial charge in [-0.3, -0.25) is 9.78 Å². The van der Waals surface area contributed by atoms with E-state index in [0.29, 0.717) is 17.4 Å². The zero-order chi connectivity index (χ0) is 20.4. The van der Waals surface area contributed by atoms with Crippen LogP contribution in [-0.4, -0.2) is 21.9 Å². The molecular formula is C23H23F2N3O. The van der Waals surface area contributed by atoms with Crippen LogP contribution in [0.1, 0.15) is 54.4 Å². The SMILES string of the molecule is C[C@@H](NC(=O)c1ccc(F)nc1)C1CCC(c2ccnc3ccc(F)cc23)CC1. The number of carbonyl (C=O) groups is 1. The number of benzene rings is 1. The van der Waals surface area contributed by atoms with E-state index in [-0.39, 0.29) is 17.8 Å². The smallest absolute Gasteiger partial charge is 0.253 e. The standard InChI is InChI=1S/C23H23F2N3O/c1-14(28-23(29)17-6-9-22(25)27-13-17)15-2-4-16(5-3-15)19-10-11-26-21-8-7-18(24)12-20(19)21/h6-16H,2-5H2,1H3,(H,28,29)/t14-,15?,16?/m1/s1. The fraction of sp³-hybridized carbons (Fsp3) is 0.348. The summed E-state index contributed by atoms with van der Waals surface area (Å²) in [7, 11) is 0. The second kappa shape index (κ2) is 8.23. The zero-order valence-electron chi connectivity index (χ0n) is 16.2. The van der Waals surface area contributed by atoms with Crippen LogP contribution in [0, 0.1) is 17.7 Å². The molecule has 6 heteroatoms. The molecule has 4 rings (SSSR count). The Kier molecular flexibility index (Phi) is 5.51. The Morgan fingerprint density at radius 1 is 1.07 bits per heavy atom. The van der Waals surface area contributed by atoms with Crippen molar-refractivity contribution in [2.75, 3.05) is 0 Å². The van der Waals surface area contributed by atoms with Gasteiger partial charge in [-0.15, -0.1) is 0 Å². The minimum absolute atomic E-state index is 0.0140. The summed E-state index contributed by atoms with van der Waals surface area (Å²) >= 11 is 0. The van der Waals surface area contributed by atoms with Crippen molar-refractivity contribution < 1.29 is 13.6 Å². The van der Waals surface area contributed by atoms with Gasteiger partial charge in [0.05, 0.1) is 11.1 Å². The predicted molar refractivity (Wildman–Crippen MR) is 108 cm³/mol. The van der Waals surface area contributed by atoms with Gasteiger partial charge in [0.2, 0.25) is 5.95 Å². The lowest BCUT2D eigenvalue weighted by molar-refractivity contribution is 0.0917. The van der Waals surface area contributed by atoms with Crippen molar-refractivity contribution in [2.24, 2.45) is 5.92 Å². The van der Waals surface area contributed by atoms with Gasteiger partial charge in [0.15, 0.2) is 0 Å². The summed E-state index contributed by atoms with van der Waals surface area (Å²) in [6.07, 6.45) is 6.97. The molecule has 0 saturated heterocycles. The van der Waals surface area contributed by atoms with E-state index < -0.39 is 5.95 Å². The molecule has 1 aliphatic carbocycles. The van der Waals surface area contributed by atoms with E-state index in [9.17, 15) is 13.6 Å². The highest BCUT2D eigenvalue weighted by atomic mass is 19.1. The van der Waals surface area contributed by atoms with E-state index in [1.54, 1.807) is 18.3 Å². The number of amides is 1. The van der Waals surface area contributed by atoms with Crippen LogP contribution in [0.5, 0.6) is 0 Å². The van der Waals surface area contributed by atoms with Crippen LogP contribution in [0.25, 0.3) is 10.9 Å². The number of pyridine rings is 2. The van der Waals surface area contributed by atoms with Crippen molar-refractivity contribution >= 4 is 16.8 Å². The van der Waals surface area contributed by atoms with Gasteiger partial charge in [0.25, 0.3) is 5.91 Å². The van der Waals surface area contributed by atoms with E-state index >= 15 is 0 Å². The van der Waals surface area contributed by atoms with Gasteiger partial charge in [-0.25, -0.2) is 9.37 Å². The van der Waals surface area contributed by atoms with E-state index in [2.05, 4.69) is 15.3 Å². The van der Waals surface area contributed by atoms with Crippen molar-refractivity contribution in [1.29, 1.82) is 0 Å². The first-order valence-corrected chi connectivity index (χ1v) is 9.98. The highest BCUT2D eigenvalue weighted by Gasteiger charge is 2.28. The third-order valence-electron chi connectivity index (χ3n) is 6.00. The van der Waals surface area contributed by atoms with Crippen molar-refractivity contribution in [3.63, 3.8) is 0 Å². The van der Waals surface area contributed by atoms with Crippen molar-refractivity contribution in [1.82, 2.24) is 15.3 Å². The largest absolute Gasteiger partial charge is 0.349 e. The molecule has 1 aliphatic rings. The molecule has 1 amide bonds.